The second-order valence-corrected chi connectivity index (χ2v) is 6.12. The number of anilines is 1. The molecule has 2 N–H and O–H groups in total. The highest BCUT2D eigenvalue weighted by molar-refractivity contribution is 7.99. The smallest absolute Gasteiger partial charge is 0.242 e. The van der Waals surface area contributed by atoms with Crippen molar-refractivity contribution >= 4 is 46.6 Å². The van der Waals surface area contributed by atoms with Gasteiger partial charge in [-0.25, -0.2) is 0 Å². The van der Waals surface area contributed by atoms with E-state index in [4.69, 9.17) is 23.2 Å². The Balaban J connectivity index is 2.08. The van der Waals surface area contributed by atoms with Crippen LogP contribution in [0.15, 0.2) is 12.1 Å². The lowest BCUT2D eigenvalue weighted by molar-refractivity contribution is -0.117. The van der Waals surface area contributed by atoms with Gasteiger partial charge < -0.3 is 10.6 Å². The van der Waals surface area contributed by atoms with Crippen LogP contribution in [0.4, 0.5) is 5.69 Å². The van der Waals surface area contributed by atoms with E-state index in [0.717, 1.165) is 23.6 Å². The lowest BCUT2D eigenvalue weighted by atomic mass is 10.2. The minimum absolute atomic E-state index is 0.0657. The Hall–Kier alpha value is -0.420. The molecule has 0 bridgehead atoms. The first-order valence-corrected chi connectivity index (χ1v) is 7.56. The molecule has 1 aliphatic rings. The third-order valence-electron chi connectivity index (χ3n) is 2.74. The second-order valence-electron chi connectivity index (χ2n) is 4.15. The van der Waals surface area contributed by atoms with Gasteiger partial charge in [-0.2, -0.15) is 11.8 Å². The van der Waals surface area contributed by atoms with Crippen LogP contribution < -0.4 is 10.6 Å². The average molecular weight is 305 g/mol. The standard InChI is InChI=1S/C12H14Cl2N2OS/c1-7-4-9(14)10(5-8(7)13)16-12(17)11-6-18-3-2-15-11/h4-5,11,15H,2-3,6H2,1H3,(H,16,17). The highest BCUT2D eigenvalue weighted by Gasteiger charge is 2.21. The summed E-state index contributed by atoms with van der Waals surface area (Å²) >= 11 is 13.9. The number of aryl methyl sites for hydroxylation is 1. The Kier molecular flexibility index (Phi) is 4.78. The molecule has 1 unspecified atom stereocenters. The molecule has 0 radical (unpaired) electrons. The Labute approximate surface area is 121 Å². The van der Waals surface area contributed by atoms with Crippen molar-refractivity contribution in [3.63, 3.8) is 0 Å². The largest absolute Gasteiger partial charge is 0.323 e. The molecule has 3 nitrogen and oxygen atoms in total. The predicted octanol–water partition coefficient (Wildman–Crippen LogP) is 2.95. The maximum Gasteiger partial charge on any atom is 0.242 e. The summed E-state index contributed by atoms with van der Waals surface area (Å²) in [7, 11) is 0. The van der Waals surface area contributed by atoms with Crippen molar-refractivity contribution in [3.05, 3.63) is 27.7 Å². The molecule has 0 spiro atoms. The van der Waals surface area contributed by atoms with Gasteiger partial charge >= 0.3 is 0 Å². The number of nitrogens with one attached hydrogen (secondary N) is 2. The summed E-state index contributed by atoms with van der Waals surface area (Å²) in [6.07, 6.45) is 0. The fraction of sp³-hybridized carbons (Fsp3) is 0.417. The van der Waals surface area contributed by atoms with E-state index < -0.39 is 0 Å². The lowest BCUT2D eigenvalue weighted by Crippen LogP contribution is -2.46. The van der Waals surface area contributed by atoms with Gasteiger partial charge in [0.15, 0.2) is 0 Å². The van der Waals surface area contributed by atoms with Crippen LogP contribution >= 0.6 is 35.0 Å². The Morgan fingerprint density at radius 3 is 2.89 bits per heavy atom. The van der Waals surface area contributed by atoms with Crippen LogP contribution in [0, 0.1) is 6.92 Å². The second kappa shape index (κ2) is 6.15. The van der Waals surface area contributed by atoms with Crippen molar-refractivity contribution in [1.82, 2.24) is 5.32 Å². The highest BCUT2D eigenvalue weighted by Crippen LogP contribution is 2.29. The van der Waals surface area contributed by atoms with Crippen molar-refractivity contribution in [2.24, 2.45) is 0 Å². The Morgan fingerprint density at radius 2 is 2.22 bits per heavy atom. The predicted molar refractivity (Wildman–Crippen MR) is 78.9 cm³/mol. The zero-order valence-electron chi connectivity index (χ0n) is 9.93. The first kappa shape index (κ1) is 14.0. The maximum atomic E-state index is 12.0. The zero-order chi connectivity index (χ0) is 13.1. The average Bonchev–Trinajstić information content (AvgIpc) is 2.37. The summed E-state index contributed by atoms with van der Waals surface area (Å²) in [5.74, 6) is 1.76. The lowest BCUT2D eigenvalue weighted by Gasteiger charge is -2.22. The normalized spacial score (nSPS) is 19.6. The summed E-state index contributed by atoms with van der Waals surface area (Å²) < 4.78 is 0. The maximum absolute atomic E-state index is 12.0. The van der Waals surface area contributed by atoms with Gasteiger partial charge in [-0.05, 0) is 24.6 Å². The molecular weight excluding hydrogens is 291 g/mol. The number of hydrogen-bond acceptors (Lipinski definition) is 3. The van der Waals surface area contributed by atoms with Crippen LogP contribution in [0.5, 0.6) is 0 Å². The van der Waals surface area contributed by atoms with Gasteiger partial charge in [-0.3, -0.25) is 4.79 Å². The monoisotopic (exact) mass is 304 g/mol. The molecule has 1 saturated heterocycles. The first-order chi connectivity index (χ1) is 8.58. The first-order valence-electron chi connectivity index (χ1n) is 5.65. The van der Waals surface area contributed by atoms with Crippen molar-refractivity contribution in [3.8, 4) is 0 Å². The Morgan fingerprint density at radius 1 is 1.44 bits per heavy atom. The molecule has 1 atom stereocenters. The van der Waals surface area contributed by atoms with Gasteiger partial charge in [0.25, 0.3) is 0 Å². The van der Waals surface area contributed by atoms with Gasteiger partial charge in [-0.1, -0.05) is 23.2 Å². The third-order valence-corrected chi connectivity index (χ3v) is 4.53. The van der Waals surface area contributed by atoms with E-state index in [1.807, 2.05) is 6.92 Å². The minimum Gasteiger partial charge on any atom is -0.323 e. The number of amides is 1. The highest BCUT2D eigenvalue weighted by atomic mass is 35.5. The number of benzene rings is 1. The van der Waals surface area contributed by atoms with Crippen LogP contribution in [0.25, 0.3) is 0 Å². The molecule has 2 rings (SSSR count). The molecular formula is C12H14Cl2N2OS. The molecule has 1 amide bonds. The molecule has 1 aliphatic heterocycles. The number of carbonyl (C=O) groups excluding carboxylic acids is 1. The molecule has 0 aromatic heterocycles. The fourth-order valence-corrected chi connectivity index (χ4v) is 3.06. The molecule has 1 heterocycles. The van der Waals surface area contributed by atoms with Crippen LogP contribution in [0.3, 0.4) is 0 Å². The van der Waals surface area contributed by atoms with Crippen LogP contribution in [-0.4, -0.2) is 30.0 Å². The number of carbonyl (C=O) groups is 1. The van der Waals surface area contributed by atoms with Gasteiger partial charge in [0, 0.05) is 23.1 Å². The van der Waals surface area contributed by atoms with Crippen LogP contribution in [0.1, 0.15) is 5.56 Å². The minimum atomic E-state index is -0.167. The van der Waals surface area contributed by atoms with Crippen LogP contribution in [-0.2, 0) is 4.79 Å². The molecule has 1 aromatic rings. The van der Waals surface area contributed by atoms with E-state index in [0.29, 0.717) is 15.7 Å². The quantitative estimate of drug-likeness (QED) is 0.882. The van der Waals surface area contributed by atoms with E-state index in [9.17, 15) is 4.79 Å². The number of thioether (sulfide) groups is 1. The zero-order valence-corrected chi connectivity index (χ0v) is 12.3. The Bertz CT molecular complexity index is 462. The van der Waals surface area contributed by atoms with Crippen molar-refractivity contribution in [2.45, 2.75) is 13.0 Å². The summed E-state index contributed by atoms with van der Waals surface area (Å²) in [4.78, 5) is 12.0. The van der Waals surface area contributed by atoms with E-state index in [1.54, 1.807) is 23.9 Å². The van der Waals surface area contributed by atoms with Gasteiger partial charge in [-0.15, -0.1) is 0 Å². The van der Waals surface area contributed by atoms with E-state index in [1.165, 1.54) is 0 Å². The molecule has 18 heavy (non-hydrogen) atoms. The molecule has 98 valence electrons. The van der Waals surface area contributed by atoms with E-state index >= 15 is 0 Å². The van der Waals surface area contributed by atoms with E-state index in [-0.39, 0.29) is 11.9 Å². The van der Waals surface area contributed by atoms with Crippen molar-refractivity contribution in [1.29, 1.82) is 0 Å². The number of halogens is 2. The number of hydrogen-bond donors (Lipinski definition) is 2. The van der Waals surface area contributed by atoms with Gasteiger partial charge in [0.2, 0.25) is 5.91 Å². The fourth-order valence-electron chi connectivity index (χ4n) is 1.70. The molecule has 0 saturated carbocycles. The molecule has 1 aromatic carbocycles. The van der Waals surface area contributed by atoms with E-state index in [2.05, 4.69) is 10.6 Å². The summed E-state index contributed by atoms with van der Waals surface area (Å²) in [5, 5.41) is 7.10. The summed E-state index contributed by atoms with van der Waals surface area (Å²) in [6, 6.07) is 3.27. The van der Waals surface area contributed by atoms with Gasteiger partial charge in [0.1, 0.15) is 0 Å². The summed E-state index contributed by atoms with van der Waals surface area (Å²) in [6.45, 7) is 2.73. The van der Waals surface area contributed by atoms with Gasteiger partial charge in [0.05, 0.1) is 16.8 Å². The number of rotatable bonds is 2. The molecule has 6 heteroatoms. The topological polar surface area (TPSA) is 41.1 Å². The summed E-state index contributed by atoms with van der Waals surface area (Å²) in [5.41, 5.74) is 1.46. The SMILES string of the molecule is Cc1cc(Cl)c(NC(=O)C2CSCCN2)cc1Cl. The molecule has 1 fully saturated rings. The molecule has 0 aliphatic carbocycles. The van der Waals surface area contributed by atoms with Crippen molar-refractivity contribution in [2.75, 3.05) is 23.4 Å². The van der Waals surface area contributed by atoms with Crippen molar-refractivity contribution < 1.29 is 4.79 Å². The van der Waals surface area contributed by atoms with Crippen LogP contribution in [0.2, 0.25) is 10.0 Å². The third kappa shape index (κ3) is 3.32.